The van der Waals surface area contributed by atoms with E-state index in [-0.39, 0.29) is 11.3 Å². The average Bonchev–Trinajstić information content (AvgIpc) is 2.43. The molecule has 1 aromatic carbocycles. The van der Waals surface area contributed by atoms with Crippen LogP contribution in [0.2, 0.25) is 0 Å². The highest BCUT2D eigenvalue weighted by Gasteiger charge is 2.06. The standard InChI is InChI=1S/C15H21ClO2/c1-18-15(17)12-8-3-2-7-11-14(16)13-9-5-4-6-10-13/h4-6,9-10,14H,2-3,7-8,11-12H2,1H3. The van der Waals surface area contributed by atoms with Gasteiger partial charge in [-0.15, -0.1) is 11.6 Å². The first-order chi connectivity index (χ1) is 8.74. The predicted molar refractivity (Wildman–Crippen MR) is 74.8 cm³/mol. The molecule has 18 heavy (non-hydrogen) atoms. The van der Waals surface area contributed by atoms with Gasteiger partial charge in [0, 0.05) is 6.42 Å². The van der Waals surface area contributed by atoms with E-state index in [2.05, 4.69) is 16.9 Å². The molecule has 0 radical (unpaired) electrons. The van der Waals surface area contributed by atoms with Crippen LogP contribution in [0.1, 0.15) is 49.5 Å². The van der Waals surface area contributed by atoms with Crippen LogP contribution in [-0.2, 0) is 9.53 Å². The number of benzene rings is 1. The Labute approximate surface area is 114 Å². The topological polar surface area (TPSA) is 26.3 Å². The zero-order valence-corrected chi connectivity index (χ0v) is 11.7. The van der Waals surface area contributed by atoms with Crippen molar-refractivity contribution < 1.29 is 9.53 Å². The summed E-state index contributed by atoms with van der Waals surface area (Å²) < 4.78 is 4.59. The number of methoxy groups -OCH3 is 1. The van der Waals surface area contributed by atoms with Gasteiger partial charge < -0.3 is 4.74 Å². The Balaban J connectivity index is 2.06. The lowest BCUT2D eigenvalue weighted by Crippen LogP contribution is -1.99. The van der Waals surface area contributed by atoms with Crippen LogP contribution in [0, 0.1) is 0 Å². The van der Waals surface area contributed by atoms with Crippen molar-refractivity contribution in [2.75, 3.05) is 7.11 Å². The Morgan fingerprint density at radius 3 is 2.50 bits per heavy atom. The van der Waals surface area contributed by atoms with Gasteiger partial charge in [0.05, 0.1) is 12.5 Å². The SMILES string of the molecule is COC(=O)CCCCCCC(Cl)c1ccccc1. The first-order valence-corrected chi connectivity index (χ1v) is 6.93. The number of unbranched alkanes of at least 4 members (excludes halogenated alkanes) is 3. The molecule has 0 aliphatic heterocycles. The first kappa shape index (κ1) is 15.0. The second-order valence-electron chi connectivity index (χ2n) is 4.41. The van der Waals surface area contributed by atoms with Gasteiger partial charge in [-0.2, -0.15) is 0 Å². The predicted octanol–water partition coefficient (Wildman–Crippen LogP) is 4.48. The Hall–Kier alpha value is -1.02. The minimum Gasteiger partial charge on any atom is -0.469 e. The van der Waals surface area contributed by atoms with Gasteiger partial charge in [-0.3, -0.25) is 4.79 Å². The maximum absolute atomic E-state index is 10.9. The third kappa shape index (κ3) is 6.06. The van der Waals surface area contributed by atoms with E-state index in [9.17, 15) is 4.79 Å². The average molecular weight is 269 g/mol. The number of hydrogen-bond donors (Lipinski definition) is 0. The Kier molecular flexibility index (Phi) is 7.51. The van der Waals surface area contributed by atoms with Crippen LogP contribution in [0.15, 0.2) is 30.3 Å². The molecule has 1 rings (SSSR count). The van der Waals surface area contributed by atoms with Crippen molar-refractivity contribution >= 4 is 17.6 Å². The van der Waals surface area contributed by atoms with Crippen molar-refractivity contribution in [2.24, 2.45) is 0 Å². The third-order valence-corrected chi connectivity index (χ3v) is 3.45. The molecule has 0 spiro atoms. The molecule has 0 aliphatic carbocycles. The number of carbonyl (C=O) groups excluding carboxylic acids is 1. The van der Waals surface area contributed by atoms with E-state index in [1.54, 1.807) is 0 Å². The highest BCUT2D eigenvalue weighted by atomic mass is 35.5. The molecule has 0 amide bonds. The molecule has 2 nitrogen and oxygen atoms in total. The number of hydrogen-bond acceptors (Lipinski definition) is 2. The molecule has 0 saturated heterocycles. The van der Waals surface area contributed by atoms with Crippen molar-refractivity contribution in [3.05, 3.63) is 35.9 Å². The first-order valence-electron chi connectivity index (χ1n) is 6.50. The quantitative estimate of drug-likeness (QED) is 0.395. The Morgan fingerprint density at radius 1 is 1.17 bits per heavy atom. The minimum absolute atomic E-state index is 0.104. The summed E-state index contributed by atoms with van der Waals surface area (Å²) in [5, 5.41) is 0.104. The van der Waals surface area contributed by atoms with Gasteiger partial charge in [-0.05, 0) is 18.4 Å². The van der Waals surface area contributed by atoms with E-state index >= 15 is 0 Å². The smallest absolute Gasteiger partial charge is 0.305 e. The summed E-state index contributed by atoms with van der Waals surface area (Å²) in [6, 6.07) is 10.2. The molecule has 0 bridgehead atoms. The highest BCUT2D eigenvalue weighted by Crippen LogP contribution is 2.26. The molecule has 0 aromatic heterocycles. The molecule has 1 atom stereocenters. The van der Waals surface area contributed by atoms with Crippen LogP contribution in [0.5, 0.6) is 0 Å². The highest BCUT2D eigenvalue weighted by molar-refractivity contribution is 6.20. The molecule has 0 N–H and O–H groups in total. The fourth-order valence-electron chi connectivity index (χ4n) is 1.88. The molecule has 0 saturated carbocycles. The number of carbonyl (C=O) groups is 1. The molecule has 1 unspecified atom stereocenters. The zero-order chi connectivity index (χ0) is 13.2. The van der Waals surface area contributed by atoms with Gasteiger partial charge in [-0.25, -0.2) is 0 Å². The lowest BCUT2D eigenvalue weighted by molar-refractivity contribution is -0.140. The Bertz CT molecular complexity index is 338. The van der Waals surface area contributed by atoms with Crippen molar-refractivity contribution in [3.8, 4) is 0 Å². The molecule has 0 heterocycles. The fraction of sp³-hybridized carbons (Fsp3) is 0.533. The zero-order valence-electron chi connectivity index (χ0n) is 10.9. The number of alkyl halides is 1. The summed E-state index contributed by atoms with van der Waals surface area (Å²) in [6.45, 7) is 0. The van der Waals surface area contributed by atoms with E-state index in [0.29, 0.717) is 6.42 Å². The van der Waals surface area contributed by atoms with Gasteiger partial charge in [0.25, 0.3) is 0 Å². The maximum atomic E-state index is 10.9. The van der Waals surface area contributed by atoms with Gasteiger partial charge >= 0.3 is 5.97 Å². The monoisotopic (exact) mass is 268 g/mol. The van der Waals surface area contributed by atoms with Crippen molar-refractivity contribution in [1.29, 1.82) is 0 Å². The Morgan fingerprint density at radius 2 is 1.83 bits per heavy atom. The summed E-state index contributed by atoms with van der Waals surface area (Å²) in [4.78, 5) is 10.9. The molecule has 3 heteroatoms. The minimum atomic E-state index is -0.116. The van der Waals surface area contributed by atoms with Crippen molar-refractivity contribution in [1.82, 2.24) is 0 Å². The summed E-state index contributed by atoms with van der Waals surface area (Å²) >= 11 is 6.32. The van der Waals surface area contributed by atoms with E-state index in [1.165, 1.54) is 12.7 Å². The lowest BCUT2D eigenvalue weighted by atomic mass is 10.0. The summed E-state index contributed by atoms with van der Waals surface area (Å²) in [5.74, 6) is -0.116. The van der Waals surface area contributed by atoms with Crippen LogP contribution < -0.4 is 0 Å². The van der Waals surface area contributed by atoms with E-state index in [0.717, 1.165) is 32.1 Å². The van der Waals surface area contributed by atoms with Crippen LogP contribution in [0.3, 0.4) is 0 Å². The second kappa shape index (κ2) is 8.98. The van der Waals surface area contributed by atoms with Gasteiger partial charge in [-0.1, -0.05) is 49.6 Å². The van der Waals surface area contributed by atoms with E-state index in [4.69, 9.17) is 11.6 Å². The molecule has 1 aromatic rings. The number of halogens is 1. The molecule has 100 valence electrons. The van der Waals surface area contributed by atoms with Crippen molar-refractivity contribution in [3.63, 3.8) is 0 Å². The molecule has 0 fully saturated rings. The molecular weight excluding hydrogens is 248 g/mol. The fourth-order valence-corrected chi connectivity index (χ4v) is 2.18. The van der Waals surface area contributed by atoms with E-state index < -0.39 is 0 Å². The van der Waals surface area contributed by atoms with Crippen LogP contribution in [-0.4, -0.2) is 13.1 Å². The summed E-state index contributed by atoms with van der Waals surface area (Å²) in [6.07, 6.45) is 5.71. The normalized spacial score (nSPS) is 12.1. The van der Waals surface area contributed by atoms with Crippen molar-refractivity contribution in [2.45, 2.75) is 43.9 Å². The van der Waals surface area contributed by atoms with Crippen LogP contribution >= 0.6 is 11.6 Å². The molecular formula is C15H21ClO2. The second-order valence-corrected chi connectivity index (χ2v) is 4.93. The van der Waals surface area contributed by atoms with E-state index in [1.807, 2.05) is 18.2 Å². The molecule has 0 aliphatic rings. The van der Waals surface area contributed by atoms with Crippen LogP contribution in [0.4, 0.5) is 0 Å². The number of ether oxygens (including phenoxy) is 1. The summed E-state index contributed by atoms with van der Waals surface area (Å²) in [5.41, 5.74) is 1.19. The lowest BCUT2D eigenvalue weighted by Gasteiger charge is -2.09. The maximum Gasteiger partial charge on any atom is 0.305 e. The van der Waals surface area contributed by atoms with Gasteiger partial charge in [0.15, 0.2) is 0 Å². The van der Waals surface area contributed by atoms with Crippen LogP contribution in [0.25, 0.3) is 0 Å². The van der Waals surface area contributed by atoms with Gasteiger partial charge in [0.2, 0.25) is 0 Å². The van der Waals surface area contributed by atoms with Gasteiger partial charge in [0.1, 0.15) is 0 Å². The largest absolute Gasteiger partial charge is 0.469 e. The third-order valence-electron chi connectivity index (χ3n) is 2.98. The summed E-state index contributed by atoms with van der Waals surface area (Å²) in [7, 11) is 1.43. The number of rotatable bonds is 8. The number of esters is 1.